The van der Waals surface area contributed by atoms with Crippen LogP contribution in [0.25, 0.3) is 11.0 Å². The quantitative estimate of drug-likeness (QED) is 0.941. The van der Waals surface area contributed by atoms with Crippen molar-refractivity contribution in [2.75, 3.05) is 0 Å². The summed E-state index contributed by atoms with van der Waals surface area (Å²) < 4.78 is 39.2. The number of halogens is 3. The van der Waals surface area contributed by atoms with Gasteiger partial charge < -0.3 is 9.67 Å². The molecular weight excluding hydrogens is 273 g/mol. The Morgan fingerprint density at radius 2 is 2.10 bits per heavy atom. The number of benzene rings is 1. The van der Waals surface area contributed by atoms with Crippen LogP contribution in [0.4, 0.5) is 13.2 Å². The normalized spacial score (nSPS) is 15.8. The molecule has 1 N–H and O–H groups in total. The lowest BCUT2D eigenvalue weighted by Gasteiger charge is -2.11. The first-order valence-corrected chi connectivity index (χ1v) is 6.16. The Morgan fingerprint density at radius 1 is 1.40 bits per heavy atom. The molecule has 1 aromatic carbocycles. The number of aromatic nitrogens is 2. The number of hydrogen-bond donors (Lipinski definition) is 1. The van der Waals surface area contributed by atoms with Crippen molar-refractivity contribution in [3.63, 3.8) is 0 Å². The maximum atomic E-state index is 12.7. The third-order valence-electron chi connectivity index (χ3n) is 3.32. The SMILES string of the molecule is O=C(O)c1cccc2c1nc(C1CC1)n2CC(F)(F)F. The van der Waals surface area contributed by atoms with Crippen molar-refractivity contribution in [1.29, 1.82) is 0 Å². The van der Waals surface area contributed by atoms with Crippen LogP contribution in [0.3, 0.4) is 0 Å². The van der Waals surface area contributed by atoms with Crippen LogP contribution in [0.1, 0.15) is 34.9 Å². The molecule has 4 nitrogen and oxygen atoms in total. The van der Waals surface area contributed by atoms with Crippen LogP contribution in [-0.4, -0.2) is 26.8 Å². The summed E-state index contributed by atoms with van der Waals surface area (Å²) in [6.07, 6.45) is -2.77. The van der Waals surface area contributed by atoms with Crippen LogP contribution in [0.15, 0.2) is 18.2 Å². The minimum absolute atomic E-state index is 0.00592. The van der Waals surface area contributed by atoms with Gasteiger partial charge in [-0.15, -0.1) is 0 Å². The molecule has 0 atom stereocenters. The first-order valence-electron chi connectivity index (χ1n) is 6.16. The Balaban J connectivity index is 2.22. The number of carbonyl (C=O) groups is 1. The molecule has 1 fully saturated rings. The number of fused-ring (bicyclic) bond motifs is 1. The van der Waals surface area contributed by atoms with Crippen LogP contribution in [0.2, 0.25) is 0 Å². The van der Waals surface area contributed by atoms with E-state index in [-0.39, 0.29) is 22.5 Å². The predicted octanol–water partition coefficient (Wildman–Crippen LogP) is 3.17. The summed E-state index contributed by atoms with van der Waals surface area (Å²) in [4.78, 5) is 15.3. The van der Waals surface area contributed by atoms with Gasteiger partial charge >= 0.3 is 12.1 Å². The standard InChI is InChI=1S/C13H11F3N2O2/c14-13(15,16)6-18-9-3-1-2-8(12(19)20)10(9)17-11(18)7-4-5-7/h1-3,7H,4-6H2,(H,19,20). The molecule has 0 saturated heterocycles. The third-order valence-corrected chi connectivity index (χ3v) is 3.32. The zero-order chi connectivity index (χ0) is 14.5. The number of hydrogen-bond acceptors (Lipinski definition) is 2. The van der Waals surface area contributed by atoms with Crippen LogP contribution in [-0.2, 0) is 6.54 Å². The first kappa shape index (κ1) is 13.0. The van der Waals surface area contributed by atoms with Gasteiger partial charge in [-0.3, -0.25) is 0 Å². The summed E-state index contributed by atoms with van der Waals surface area (Å²) >= 11 is 0. The summed E-state index contributed by atoms with van der Waals surface area (Å²) in [6.45, 7) is -1.14. The number of alkyl halides is 3. The molecule has 1 aliphatic carbocycles. The zero-order valence-corrected chi connectivity index (χ0v) is 10.3. The molecular formula is C13H11F3N2O2. The molecule has 1 aromatic heterocycles. The molecule has 0 aliphatic heterocycles. The van der Waals surface area contributed by atoms with Gasteiger partial charge in [-0.2, -0.15) is 13.2 Å². The van der Waals surface area contributed by atoms with Crippen molar-refractivity contribution in [1.82, 2.24) is 9.55 Å². The van der Waals surface area contributed by atoms with Crippen molar-refractivity contribution in [3.8, 4) is 0 Å². The molecule has 106 valence electrons. The van der Waals surface area contributed by atoms with E-state index in [1.54, 1.807) is 0 Å². The summed E-state index contributed by atoms with van der Waals surface area (Å²) in [6, 6.07) is 4.27. The van der Waals surface area contributed by atoms with Crippen molar-refractivity contribution in [2.45, 2.75) is 31.5 Å². The first-order chi connectivity index (χ1) is 9.37. The van der Waals surface area contributed by atoms with Gasteiger partial charge in [-0.25, -0.2) is 9.78 Å². The van der Waals surface area contributed by atoms with Crippen LogP contribution in [0, 0.1) is 0 Å². The fourth-order valence-corrected chi connectivity index (χ4v) is 2.34. The molecule has 0 spiro atoms. The van der Waals surface area contributed by atoms with E-state index in [4.69, 9.17) is 5.11 Å². The van der Waals surface area contributed by atoms with E-state index < -0.39 is 18.7 Å². The molecule has 3 rings (SSSR count). The van der Waals surface area contributed by atoms with Gasteiger partial charge in [-0.1, -0.05) is 6.07 Å². The van der Waals surface area contributed by atoms with Crippen molar-refractivity contribution in [3.05, 3.63) is 29.6 Å². The zero-order valence-electron chi connectivity index (χ0n) is 10.3. The largest absolute Gasteiger partial charge is 0.478 e. The third kappa shape index (κ3) is 2.23. The summed E-state index contributed by atoms with van der Waals surface area (Å²) in [5, 5.41) is 9.10. The topological polar surface area (TPSA) is 55.1 Å². The van der Waals surface area contributed by atoms with Gasteiger partial charge in [-0.05, 0) is 25.0 Å². The summed E-state index contributed by atoms with van der Waals surface area (Å²) in [7, 11) is 0. The van der Waals surface area contributed by atoms with Gasteiger partial charge in [0.1, 0.15) is 17.9 Å². The number of carboxylic acids is 1. The summed E-state index contributed by atoms with van der Waals surface area (Å²) in [5.41, 5.74) is 0.292. The van der Waals surface area contributed by atoms with E-state index in [1.165, 1.54) is 18.2 Å². The lowest BCUT2D eigenvalue weighted by Crippen LogP contribution is -2.19. The number of carboxylic acid groups (broad SMARTS) is 1. The van der Waals surface area contributed by atoms with E-state index in [0.717, 1.165) is 17.4 Å². The highest BCUT2D eigenvalue weighted by molar-refractivity contribution is 6.01. The Bertz CT molecular complexity index is 687. The van der Waals surface area contributed by atoms with Crippen LogP contribution in [0.5, 0.6) is 0 Å². The fourth-order valence-electron chi connectivity index (χ4n) is 2.34. The molecule has 1 heterocycles. The molecule has 0 radical (unpaired) electrons. The van der Waals surface area contributed by atoms with Gasteiger partial charge in [0, 0.05) is 5.92 Å². The predicted molar refractivity (Wildman–Crippen MR) is 64.7 cm³/mol. The lowest BCUT2D eigenvalue weighted by molar-refractivity contribution is -0.140. The minimum Gasteiger partial charge on any atom is -0.478 e. The van der Waals surface area contributed by atoms with E-state index in [2.05, 4.69) is 4.98 Å². The summed E-state index contributed by atoms with van der Waals surface area (Å²) in [5.74, 6) is -0.841. The van der Waals surface area contributed by atoms with E-state index in [9.17, 15) is 18.0 Å². The molecule has 7 heteroatoms. The van der Waals surface area contributed by atoms with Gasteiger partial charge in [0.05, 0.1) is 11.1 Å². The second-order valence-corrected chi connectivity index (χ2v) is 4.92. The second kappa shape index (κ2) is 4.22. The van der Waals surface area contributed by atoms with Crippen LogP contribution < -0.4 is 0 Å². The van der Waals surface area contributed by atoms with Crippen molar-refractivity contribution in [2.24, 2.45) is 0 Å². The molecule has 0 amide bonds. The Morgan fingerprint density at radius 3 is 2.65 bits per heavy atom. The highest BCUT2D eigenvalue weighted by Gasteiger charge is 2.35. The molecule has 20 heavy (non-hydrogen) atoms. The highest BCUT2D eigenvalue weighted by atomic mass is 19.4. The van der Waals surface area contributed by atoms with Crippen molar-refractivity contribution < 1.29 is 23.1 Å². The number of imidazole rings is 1. The average molecular weight is 284 g/mol. The fraction of sp³-hybridized carbons (Fsp3) is 0.385. The number of para-hydroxylation sites is 1. The van der Waals surface area contributed by atoms with Gasteiger partial charge in [0.25, 0.3) is 0 Å². The maximum Gasteiger partial charge on any atom is 0.406 e. The Labute approximate surface area is 111 Å². The molecule has 1 aliphatic rings. The Hall–Kier alpha value is -2.05. The molecule has 1 saturated carbocycles. The average Bonchev–Trinajstić information content (AvgIpc) is 3.11. The van der Waals surface area contributed by atoms with Gasteiger partial charge in [0.2, 0.25) is 0 Å². The minimum atomic E-state index is -4.36. The van der Waals surface area contributed by atoms with Gasteiger partial charge in [0.15, 0.2) is 0 Å². The smallest absolute Gasteiger partial charge is 0.406 e. The van der Waals surface area contributed by atoms with Crippen molar-refractivity contribution >= 4 is 17.0 Å². The highest BCUT2D eigenvalue weighted by Crippen LogP contribution is 2.41. The van der Waals surface area contributed by atoms with Crippen LogP contribution >= 0.6 is 0 Å². The molecule has 0 bridgehead atoms. The number of aromatic carboxylic acids is 1. The lowest BCUT2D eigenvalue weighted by atomic mass is 10.2. The number of nitrogens with zero attached hydrogens (tertiary/aromatic N) is 2. The Kier molecular flexibility index (Phi) is 2.74. The molecule has 0 unspecified atom stereocenters. The van der Waals surface area contributed by atoms with E-state index >= 15 is 0 Å². The monoisotopic (exact) mass is 284 g/mol. The van der Waals surface area contributed by atoms with E-state index in [1.807, 2.05) is 0 Å². The molecule has 2 aromatic rings. The second-order valence-electron chi connectivity index (χ2n) is 4.92. The number of rotatable bonds is 3. The van der Waals surface area contributed by atoms with E-state index in [0.29, 0.717) is 5.82 Å². The maximum absolute atomic E-state index is 12.7.